The van der Waals surface area contributed by atoms with Crippen LogP contribution in [-0.4, -0.2) is 13.6 Å². The molecule has 2 aromatic carbocycles. The predicted octanol–water partition coefficient (Wildman–Crippen LogP) is 5.57. The van der Waals surface area contributed by atoms with Gasteiger partial charge in [0.25, 0.3) is 0 Å². The molecule has 1 saturated carbocycles. The molecule has 0 amide bonds. The Bertz CT molecular complexity index is 990. The van der Waals surface area contributed by atoms with Crippen molar-refractivity contribution in [2.75, 3.05) is 13.6 Å². The van der Waals surface area contributed by atoms with Crippen LogP contribution in [0.1, 0.15) is 61.7 Å². The van der Waals surface area contributed by atoms with Crippen molar-refractivity contribution in [2.45, 2.75) is 50.5 Å². The summed E-state index contributed by atoms with van der Waals surface area (Å²) in [5.41, 5.74) is 2.36. The molecule has 1 N–H and O–H groups in total. The van der Waals surface area contributed by atoms with Crippen LogP contribution in [-0.2, 0) is 0 Å². The smallest absolute Gasteiger partial charge is 0.339 e. The van der Waals surface area contributed by atoms with E-state index in [9.17, 15) is 4.79 Å². The molecule has 29 heavy (non-hydrogen) atoms. The van der Waals surface area contributed by atoms with E-state index in [0.29, 0.717) is 11.5 Å². The highest BCUT2D eigenvalue weighted by atomic mass is 16.5. The van der Waals surface area contributed by atoms with Crippen LogP contribution in [0.15, 0.2) is 63.8 Å². The van der Waals surface area contributed by atoms with Gasteiger partial charge in [0.2, 0.25) is 0 Å². The Morgan fingerprint density at radius 2 is 1.86 bits per heavy atom. The Hall–Kier alpha value is -2.59. The van der Waals surface area contributed by atoms with Gasteiger partial charge < -0.3 is 14.5 Å². The number of ether oxygens (including phenoxy) is 1. The lowest BCUT2D eigenvalue weighted by Gasteiger charge is -2.21. The van der Waals surface area contributed by atoms with Crippen LogP contribution in [0.25, 0.3) is 11.0 Å². The van der Waals surface area contributed by atoms with E-state index in [-0.39, 0.29) is 11.7 Å². The molecular weight excluding hydrogens is 362 g/mol. The summed E-state index contributed by atoms with van der Waals surface area (Å²) in [4.78, 5) is 12.6. The van der Waals surface area contributed by atoms with E-state index in [1.807, 2.05) is 49.5 Å². The van der Waals surface area contributed by atoms with E-state index in [0.717, 1.165) is 48.1 Å². The first-order valence-electron chi connectivity index (χ1n) is 10.7. The summed E-state index contributed by atoms with van der Waals surface area (Å²) >= 11 is 0. The molecule has 0 saturated heterocycles. The zero-order valence-electron chi connectivity index (χ0n) is 17.0. The van der Waals surface area contributed by atoms with Crippen LogP contribution in [0.2, 0.25) is 0 Å². The van der Waals surface area contributed by atoms with Crippen LogP contribution in [0.3, 0.4) is 0 Å². The van der Waals surface area contributed by atoms with E-state index >= 15 is 0 Å². The van der Waals surface area contributed by atoms with Gasteiger partial charge in [-0.3, -0.25) is 0 Å². The molecule has 1 aromatic heterocycles. The highest BCUT2D eigenvalue weighted by Crippen LogP contribution is 2.33. The van der Waals surface area contributed by atoms with Gasteiger partial charge in [-0.15, -0.1) is 0 Å². The van der Waals surface area contributed by atoms with E-state index < -0.39 is 0 Å². The Kier molecular flexibility index (Phi) is 6.30. The van der Waals surface area contributed by atoms with Crippen LogP contribution in [0, 0.1) is 0 Å². The van der Waals surface area contributed by atoms with Gasteiger partial charge in [-0.1, -0.05) is 49.6 Å². The highest BCUT2D eigenvalue weighted by molar-refractivity contribution is 5.78. The molecule has 4 heteroatoms. The second-order valence-corrected chi connectivity index (χ2v) is 7.93. The Balaban J connectivity index is 1.60. The molecule has 0 spiro atoms. The Morgan fingerprint density at radius 1 is 1.07 bits per heavy atom. The zero-order chi connectivity index (χ0) is 20.1. The first kappa shape index (κ1) is 19.7. The third-order valence-corrected chi connectivity index (χ3v) is 5.89. The fourth-order valence-corrected chi connectivity index (χ4v) is 4.28. The molecular formula is C25H29NO3. The normalized spacial score (nSPS) is 16.0. The van der Waals surface area contributed by atoms with Gasteiger partial charge in [0, 0.05) is 23.4 Å². The number of rotatable bonds is 7. The molecule has 0 radical (unpaired) electrons. The summed E-state index contributed by atoms with van der Waals surface area (Å²) in [6.45, 7) is 0.854. The number of hydrogen-bond donors (Lipinski definition) is 1. The van der Waals surface area contributed by atoms with Crippen molar-refractivity contribution in [1.29, 1.82) is 0 Å². The van der Waals surface area contributed by atoms with Crippen molar-refractivity contribution in [3.05, 3.63) is 76.1 Å². The largest absolute Gasteiger partial charge is 0.486 e. The second-order valence-electron chi connectivity index (χ2n) is 7.93. The van der Waals surface area contributed by atoms with Crippen molar-refractivity contribution in [1.82, 2.24) is 5.32 Å². The van der Waals surface area contributed by atoms with Crippen molar-refractivity contribution < 1.29 is 9.15 Å². The standard InChI is InChI=1S/C25H29NO3/c1-26-15-14-23(19-10-6-3-7-11-19)28-21-13-12-20-16-22(18-8-4-2-5-9-18)25(27)29-24(20)17-21/h3,6-7,10-13,16-18,23,26H,2,4-5,8-9,14-15H2,1H3. The molecule has 1 fully saturated rings. The minimum absolute atomic E-state index is 0.0608. The Morgan fingerprint density at radius 3 is 2.62 bits per heavy atom. The van der Waals surface area contributed by atoms with Gasteiger partial charge in [-0.2, -0.15) is 0 Å². The van der Waals surface area contributed by atoms with Crippen molar-refractivity contribution in [2.24, 2.45) is 0 Å². The summed E-state index contributed by atoms with van der Waals surface area (Å²) in [5, 5.41) is 4.15. The zero-order valence-corrected chi connectivity index (χ0v) is 17.0. The minimum atomic E-state index is -0.198. The summed E-state index contributed by atoms with van der Waals surface area (Å²) in [5.74, 6) is 1.06. The maximum absolute atomic E-state index is 12.6. The van der Waals surface area contributed by atoms with E-state index in [4.69, 9.17) is 9.15 Å². The minimum Gasteiger partial charge on any atom is -0.486 e. The van der Waals surface area contributed by atoms with Crippen LogP contribution >= 0.6 is 0 Å². The van der Waals surface area contributed by atoms with Crippen LogP contribution < -0.4 is 15.7 Å². The number of benzene rings is 2. The predicted molar refractivity (Wildman–Crippen MR) is 117 cm³/mol. The van der Waals surface area contributed by atoms with E-state index in [1.165, 1.54) is 19.3 Å². The number of nitrogens with one attached hydrogen (secondary N) is 1. The monoisotopic (exact) mass is 391 g/mol. The third-order valence-electron chi connectivity index (χ3n) is 5.89. The van der Waals surface area contributed by atoms with Gasteiger partial charge in [0.1, 0.15) is 17.4 Å². The SMILES string of the molecule is CNCCC(Oc1ccc2cc(C3CCCCC3)c(=O)oc2c1)c1ccccc1. The van der Waals surface area contributed by atoms with Gasteiger partial charge in [-0.05, 0) is 56.1 Å². The molecule has 1 aliphatic carbocycles. The molecule has 3 aromatic rings. The maximum Gasteiger partial charge on any atom is 0.339 e. The average Bonchev–Trinajstić information content (AvgIpc) is 2.77. The molecule has 1 aliphatic rings. The van der Waals surface area contributed by atoms with Crippen LogP contribution in [0.4, 0.5) is 0 Å². The molecule has 4 nitrogen and oxygen atoms in total. The molecule has 1 atom stereocenters. The topological polar surface area (TPSA) is 51.5 Å². The summed E-state index contributed by atoms with van der Waals surface area (Å²) < 4.78 is 12.0. The fraction of sp³-hybridized carbons (Fsp3) is 0.400. The van der Waals surface area contributed by atoms with Gasteiger partial charge in [0.15, 0.2) is 0 Å². The number of fused-ring (bicyclic) bond motifs is 1. The molecule has 0 bridgehead atoms. The molecule has 152 valence electrons. The number of hydrogen-bond acceptors (Lipinski definition) is 4. The molecule has 4 rings (SSSR count). The quantitative estimate of drug-likeness (QED) is 0.535. The average molecular weight is 392 g/mol. The molecule has 1 heterocycles. The highest BCUT2D eigenvalue weighted by Gasteiger charge is 2.20. The van der Waals surface area contributed by atoms with Crippen molar-refractivity contribution >= 4 is 11.0 Å². The summed E-state index contributed by atoms with van der Waals surface area (Å²) in [7, 11) is 1.94. The second kappa shape index (κ2) is 9.27. The third kappa shape index (κ3) is 4.70. The van der Waals surface area contributed by atoms with Gasteiger partial charge in [-0.25, -0.2) is 4.79 Å². The van der Waals surface area contributed by atoms with Crippen molar-refractivity contribution in [3.63, 3.8) is 0 Å². The lowest BCUT2D eigenvalue weighted by Crippen LogP contribution is -2.16. The summed E-state index contributed by atoms with van der Waals surface area (Å²) in [6.07, 6.45) is 6.62. The summed E-state index contributed by atoms with van der Waals surface area (Å²) in [6, 6.07) is 18.1. The van der Waals surface area contributed by atoms with E-state index in [1.54, 1.807) is 0 Å². The lowest BCUT2D eigenvalue weighted by atomic mass is 9.84. The van der Waals surface area contributed by atoms with E-state index in [2.05, 4.69) is 17.4 Å². The van der Waals surface area contributed by atoms with Crippen LogP contribution in [0.5, 0.6) is 5.75 Å². The fourth-order valence-electron chi connectivity index (χ4n) is 4.28. The Labute approximate surface area is 171 Å². The lowest BCUT2D eigenvalue weighted by molar-refractivity contribution is 0.195. The first-order valence-corrected chi connectivity index (χ1v) is 10.7. The van der Waals surface area contributed by atoms with Crippen molar-refractivity contribution in [3.8, 4) is 5.75 Å². The molecule has 0 aliphatic heterocycles. The molecule has 1 unspecified atom stereocenters. The van der Waals surface area contributed by atoms with Gasteiger partial charge in [0.05, 0.1) is 0 Å². The first-order chi connectivity index (χ1) is 14.2. The maximum atomic E-state index is 12.6. The van der Waals surface area contributed by atoms with Gasteiger partial charge >= 0.3 is 5.63 Å².